The third-order valence-electron chi connectivity index (χ3n) is 2.81. The van der Waals surface area contributed by atoms with Crippen molar-refractivity contribution in [3.8, 4) is 0 Å². The largest absolute Gasteiger partial charge is 0.459 e. The van der Waals surface area contributed by atoms with Crippen molar-refractivity contribution in [3.05, 3.63) is 52.9 Å². The first-order valence-electron chi connectivity index (χ1n) is 6.46. The third kappa shape index (κ3) is 4.72. The highest BCUT2D eigenvalue weighted by Gasteiger charge is 2.11. The molecule has 0 saturated carbocycles. The maximum atomic E-state index is 11.8. The molecule has 1 aromatic carbocycles. The minimum atomic E-state index is -0.325. The first-order valence-corrected chi connectivity index (χ1v) is 6.84. The molecule has 21 heavy (non-hydrogen) atoms. The second-order valence-corrected chi connectivity index (χ2v) is 4.98. The molecule has 6 heteroatoms. The number of hydrogen-bond donors (Lipinski definition) is 0. The van der Waals surface area contributed by atoms with Crippen LogP contribution in [0.4, 0.5) is 5.82 Å². The Labute approximate surface area is 128 Å². The van der Waals surface area contributed by atoms with E-state index in [1.807, 2.05) is 37.3 Å². The van der Waals surface area contributed by atoms with Gasteiger partial charge in [-0.2, -0.15) is 0 Å². The van der Waals surface area contributed by atoms with Gasteiger partial charge < -0.3 is 9.64 Å². The Bertz CT molecular complexity index is 599. The molecule has 2 aromatic rings. The number of carbonyl (C=O) groups excluding carboxylic acids is 1. The normalized spacial score (nSPS) is 10.2. The Hall–Kier alpha value is -2.14. The van der Waals surface area contributed by atoms with Crippen molar-refractivity contribution >= 4 is 23.4 Å². The first-order chi connectivity index (χ1) is 10.0. The van der Waals surface area contributed by atoms with Crippen molar-refractivity contribution in [2.75, 3.05) is 18.5 Å². The molecular formula is C15H16ClN3O2. The van der Waals surface area contributed by atoms with Gasteiger partial charge in [0.25, 0.3) is 0 Å². The fourth-order valence-corrected chi connectivity index (χ4v) is 1.99. The molecule has 0 aliphatic carbocycles. The summed E-state index contributed by atoms with van der Waals surface area (Å²) in [5, 5.41) is 0.162. The minimum Gasteiger partial charge on any atom is -0.459 e. The average molecular weight is 306 g/mol. The Morgan fingerprint density at radius 1 is 1.29 bits per heavy atom. The van der Waals surface area contributed by atoms with Gasteiger partial charge in [-0.3, -0.25) is 4.79 Å². The van der Waals surface area contributed by atoms with Crippen LogP contribution in [0.2, 0.25) is 5.28 Å². The van der Waals surface area contributed by atoms with Gasteiger partial charge in [-0.15, -0.1) is 0 Å². The highest BCUT2D eigenvalue weighted by atomic mass is 35.5. The van der Waals surface area contributed by atoms with Crippen molar-refractivity contribution in [1.82, 2.24) is 9.97 Å². The zero-order valence-electron chi connectivity index (χ0n) is 11.9. The van der Waals surface area contributed by atoms with Gasteiger partial charge in [-0.05, 0) is 24.1 Å². The van der Waals surface area contributed by atoms with E-state index in [9.17, 15) is 4.79 Å². The third-order valence-corrected chi connectivity index (χ3v) is 2.98. The molecule has 0 aliphatic heterocycles. The number of ether oxygens (including phenoxy) is 1. The Morgan fingerprint density at radius 3 is 2.67 bits per heavy atom. The van der Waals surface area contributed by atoms with E-state index < -0.39 is 0 Å². The van der Waals surface area contributed by atoms with Crippen LogP contribution < -0.4 is 4.90 Å². The molecule has 2 rings (SSSR count). The van der Waals surface area contributed by atoms with E-state index in [-0.39, 0.29) is 24.4 Å². The smallest absolute Gasteiger partial charge is 0.325 e. The van der Waals surface area contributed by atoms with Gasteiger partial charge in [0.15, 0.2) is 0 Å². The number of aryl methyl sites for hydroxylation is 1. The van der Waals surface area contributed by atoms with Crippen LogP contribution >= 0.6 is 11.6 Å². The summed E-state index contributed by atoms with van der Waals surface area (Å²) in [7, 11) is 1.75. The summed E-state index contributed by atoms with van der Waals surface area (Å²) in [6.07, 6.45) is 0. The van der Waals surface area contributed by atoms with Crippen LogP contribution in [-0.4, -0.2) is 29.5 Å². The quantitative estimate of drug-likeness (QED) is 0.628. The second-order valence-electron chi connectivity index (χ2n) is 4.64. The molecule has 0 fully saturated rings. The summed E-state index contributed by atoms with van der Waals surface area (Å²) >= 11 is 5.81. The van der Waals surface area contributed by atoms with Crippen LogP contribution in [0.1, 0.15) is 11.3 Å². The summed E-state index contributed by atoms with van der Waals surface area (Å²) in [4.78, 5) is 21.6. The maximum Gasteiger partial charge on any atom is 0.325 e. The van der Waals surface area contributed by atoms with Gasteiger partial charge in [0, 0.05) is 18.8 Å². The number of halogens is 1. The molecular weight excluding hydrogens is 290 g/mol. The highest BCUT2D eigenvalue weighted by Crippen LogP contribution is 2.13. The fourth-order valence-electron chi connectivity index (χ4n) is 1.77. The molecule has 1 heterocycles. The molecule has 0 atom stereocenters. The zero-order chi connectivity index (χ0) is 15.2. The Balaban J connectivity index is 1.90. The number of rotatable bonds is 5. The maximum absolute atomic E-state index is 11.8. The van der Waals surface area contributed by atoms with Gasteiger partial charge >= 0.3 is 5.97 Å². The molecule has 1 aromatic heterocycles. The molecule has 0 aliphatic rings. The summed E-state index contributed by atoms with van der Waals surface area (Å²) in [6, 6.07) is 11.3. The lowest BCUT2D eigenvalue weighted by molar-refractivity contribution is -0.143. The number of benzene rings is 1. The fraction of sp³-hybridized carbons (Fsp3) is 0.267. The number of likely N-dealkylation sites (N-methyl/N-ethyl adjacent to an activating group) is 1. The average Bonchev–Trinajstić information content (AvgIpc) is 2.45. The standard InChI is InChI=1S/C15H16ClN3O2/c1-11-8-13(18-15(16)17-11)19(2)9-14(20)21-10-12-6-4-3-5-7-12/h3-8H,9-10H2,1-2H3. The van der Waals surface area contributed by atoms with E-state index in [1.165, 1.54) is 0 Å². The van der Waals surface area contributed by atoms with Gasteiger partial charge in [0.1, 0.15) is 19.0 Å². The molecule has 110 valence electrons. The lowest BCUT2D eigenvalue weighted by Crippen LogP contribution is -2.28. The predicted molar refractivity (Wildman–Crippen MR) is 81.3 cm³/mol. The number of aromatic nitrogens is 2. The van der Waals surface area contributed by atoms with Gasteiger partial charge in [0.05, 0.1) is 0 Å². The predicted octanol–water partition coefficient (Wildman–Crippen LogP) is 2.62. The van der Waals surface area contributed by atoms with E-state index in [1.54, 1.807) is 18.0 Å². The minimum absolute atomic E-state index is 0.0968. The number of esters is 1. The van der Waals surface area contributed by atoms with Gasteiger partial charge in [0.2, 0.25) is 5.28 Å². The number of hydrogen-bond acceptors (Lipinski definition) is 5. The Morgan fingerprint density at radius 2 is 2.00 bits per heavy atom. The van der Waals surface area contributed by atoms with E-state index in [0.29, 0.717) is 5.82 Å². The molecule has 0 bridgehead atoms. The van der Waals surface area contributed by atoms with Gasteiger partial charge in [-0.1, -0.05) is 30.3 Å². The van der Waals surface area contributed by atoms with Crippen LogP contribution in [0.3, 0.4) is 0 Å². The summed E-state index contributed by atoms with van der Waals surface area (Å²) in [5.41, 5.74) is 1.70. The van der Waals surface area contributed by atoms with Gasteiger partial charge in [-0.25, -0.2) is 9.97 Å². The van der Waals surface area contributed by atoms with Crippen LogP contribution in [0.5, 0.6) is 0 Å². The lowest BCUT2D eigenvalue weighted by atomic mass is 10.2. The van der Waals surface area contributed by atoms with Crippen LogP contribution in [0.15, 0.2) is 36.4 Å². The molecule has 0 unspecified atom stereocenters. The van der Waals surface area contributed by atoms with E-state index >= 15 is 0 Å². The molecule has 5 nitrogen and oxygen atoms in total. The second kappa shape index (κ2) is 7.04. The van der Waals surface area contributed by atoms with Crippen molar-refractivity contribution in [2.24, 2.45) is 0 Å². The van der Waals surface area contributed by atoms with Crippen LogP contribution in [-0.2, 0) is 16.1 Å². The molecule has 0 amide bonds. The van der Waals surface area contributed by atoms with Crippen LogP contribution in [0.25, 0.3) is 0 Å². The summed E-state index contributed by atoms with van der Waals surface area (Å²) in [5.74, 6) is 0.262. The van der Waals surface area contributed by atoms with Crippen molar-refractivity contribution in [1.29, 1.82) is 0 Å². The van der Waals surface area contributed by atoms with Crippen LogP contribution in [0, 0.1) is 6.92 Å². The Kier molecular flexibility index (Phi) is 5.11. The monoisotopic (exact) mass is 305 g/mol. The zero-order valence-corrected chi connectivity index (χ0v) is 12.7. The van der Waals surface area contributed by atoms with Crippen molar-refractivity contribution in [2.45, 2.75) is 13.5 Å². The SMILES string of the molecule is Cc1cc(N(C)CC(=O)OCc2ccccc2)nc(Cl)n1. The van der Waals surface area contributed by atoms with Crippen molar-refractivity contribution in [3.63, 3.8) is 0 Å². The number of anilines is 1. The topological polar surface area (TPSA) is 55.3 Å². The molecule has 0 saturated heterocycles. The van der Waals surface area contributed by atoms with E-state index in [4.69, 9.17) is 16.3 Å². The summed E-state index contributed by atoms with van der Waals surface area (Å²) in [6.45, 7) is 2.18. The summed E-state index contributed by atoms with van der Waals surface area (Å²) < 4.78 is 5.22. The first kappa shape index (κ1) is 15.3. The molecule has 0 spiro atoms. The van der Waals surface area contributed by atoms with Crippen molar-refractivity contribution < 1.29 is 9.53 Å². The molecule has 0 N–H and O–H groups in total. The van der Waals surface area contributed by atoms with E-state index in [2.05, 4.69) is 9.97 Å². The number of carbonyl (C=O) groups is 1. The lowest BCUT2D eigenvalue weighted by Gasteiger charge is -2.17. The van der Waals surface area contributed by atoms with E-state index in [0.717, 1.165) is 11.3 Å². The molecule has 0 radical (unpaired) electrons. The highest BCUT2D eigenvalue weighted by molar-refractivity contribution is 6.28. The number of nitrogens with zero attached hydrogens (tertiary/aromatic N) is 3.